The molecule has 1 rings (SSSR count). The van der Waals surface area contributed by atoms with Gasteiger partial charge in [-0.05, 0) is 12.1 Å². The Kier molecular flexibility index (Phi) is 2.86. The molecule has 0 aromatic carbocycles. The maximum atomic E-state index is 13.2. The Hall–Kier alpha value is -1.34. The van der Waals surface area contributed by atoms with E-state index < -0.39 is 23.6 Å². The minimum Gasteiger partial charge on any atom is -0.255 e. The molecule has 1 radical (unpaired) electrons. The maximum Gasteiger partial charge on any atom is 0.435 e. The van der Waals surface area contributed by atoms with Crippen molar-refractivity contribution in [3.05, 3.63) is 30.1 Å². The molecule has 0 saturated carbocycles. The van der Waals surface area contributed by atoms with E-state index in [-0.39, 0.29) is 6.07 Å². The van der Waals surface area contributed by atoms with Gasteiger partial charge in [-0.3, -0.25) is 4.98 Å². The van der Waals surface area contributed by atoms with Gasteiger partial charge in [0.05, 0.1) is 6.20 Å². The summed E-state index contributed by atoms with van der Waals surface area (Å²) >= 11 is 0. The highest BCUT2D eigenvalue weighted by molar-refractivity contribution is 5.23. The predicted octanol–water partition coefficient (Wildman–Crippen LogP) is 3.17. The first-order valence-electron chi connectivity index (χ1n) is 3.75. The second-order valence-corrected chi connectivity index (χ2v) is 2.83. The Bertz CT molecular complexity index is 339. The quantitative estimate of drug-likeness (QED) is 0.693. The molecule has 0 aliphatic rings. The van der Waals surface area contributed by atoms with Gasteiger partial charge in [-0.1, -0.05) is 0 Å². The first-order chi connectivity index (χ1) is 7.11. The Balaban J connectivity index is 3.39. The summed E-state index contributed by atoms with van der Waals surface area (Å²) in [5.41, 5.74) is -7.00. The minimum atomic E-state index is -6.10. The number of aromatic nitrogens is 1. The van der Waals surface area contributed by atoms with Crippen molar-refractivity contribution in [2.45, 2.75) is 18.0 Å². The largest absolute Gasteiger partial charge is 0.435 e. The fraction of sp³-hybridized carbons (Fsp3) is 0.375. The normalized spacial score (nSPS) is 13.9. The van der Waals surface area contributed by atoms with Gasteiger partial charge in [-0.2, -0.15) is 26.3 Å². The monoisotopic (exact) mass is 246 g/mol. The third-order valence-corrected chi connectivity index (χ3v) is 1.80. The van der Waals surface area contributed by atoms with Gasteiger partial charge in [0.15, 0.2) is 0 Å². The Morgan fingerprint density at radius 1 is 0.938 bits per heavy atom. The Labute approximate surface area is 84.9 Å². The molecule has 0 N–H and O–H groups in total. The van der Waals surface area contributed by atoms with Crippen molar-refractivity contribution in [2.75, 3.05) is 0 Å². The van der Waals surface area contributed by atoms with Gasteiger partial charge < -0.3 is 0 Å². The number of nitrogens with zero attached hydrogens (tertiary/aromatic N) is 1. The number of halogens is 7. The highest BCUT2D eigenvalue weighted by atomic mass is 19.4. The summed E-state index contributed by atoms with van der Waals surface area (Å²) in [5, 5.41) is 0. The molecule has 89 valence electrons. The average Bonchev–Trinajstić information content (AvgIpc) is 2.14. The van der Waals surface area contributed by atoms with Crippen LogP contribution in [0.25, 0.3) is 0 Å². The number of rotatable bonds is 1. The minimum absolute atomic E-state index is 0.209. The van der Waals surface area contributed by atoms with Crippen LogP contribution in [-0.2, 0) is 5.67 Å². The summed E-state index contributed by atoms with van der Waals surface area (Å²) in [6.07, 6.45) is -9.87. The Morgan fingerprint density at radius 3 is 1.75 bits per heavy atom. The van der Waals surface area contributed by atoms with Crippen LogP contribution in [0.4, 0.5) is 30.7 Å². The van der Waals surface area contributed by atoms with Crippen LogP contribution in [0.1, 0.15) is 5.56 Å². The summed E-state index contributed by atoms with van der Waals surface area (Å²) in [7, 11) is 0. The van der Waals surface area contributed by atoms with Crippen LogP contribution in [-0.4, -0.2) is 17.3 Å². The van der Waals surface area contributed by atoms with Gasteiger partial charge in [0.2, 0.25) is 0 Å². The molecule has 1 heterocycles. The van der Waals surface area contributed by atoms with E-state index in [1.54, 1.807) is 6.20 Å². The van der Waals surface area contributed by atoms with Crippen LogP contribution >= 0.6 is 0 Å². The summed E-state index contributed by atoms with van der Waals surface area (Å²) in [5.74, 6) is 0. The first-order valence-corrected chi connectivity index (χ1v) is 3.75. The van der Waals surface area contributed by atoms with Gasteiger partial charge in [-0.15, -0.1) is 0 Å². The number of pyridine rings is 1. The molecule has 1 nitrogen and oxygen atoms in total. The van der Waals surface area contributed by atoms with Crippen molar-refractivity contribution in [1.82, 2.24) is 4.98 Å². The van der Waals surface area contributed by atoms with Crippen molar-refractivity contribution < 1.29 is 30.7 Å². The average molecular weight is 246 g/mol. The van der Waals surface area contributed by atoms with E-state index in [0.717, 1.165) is 0 Å². The molecule has 0 unspecified atom stereocenters. The topological polar surface area (TPSA) is 12.9 Å². The molecule has 1 aromatic rings. The lowest BCUT2D eigenvalue weighted by Crippen LogP contribution is -2.50. The lowest BCUT2D eigenvalue weighted by Gasteiger charge is -2.29. The van der Waals surface area contributed by atoms with Crippen molar-refractivity contribution in [1.29, 1.82) is 0 Å². The zero-order valence-electron chi connectivity index (χ0n) is 7.33. The van der Waals surface area contributed by atoms with E-state index >= 15 is 0 Å². The smallest absolute Gasteiger partial charge is 0.255 e. The van der Waals surface area contributed by atoms with Crippen molar-refractivity contribution in [2.24, 2.45) is 0 Å². The van der Waals surface area contributed by atoms with E-state index in [9.17, 15) is 30.7 Å². The number of hydrogen-bond donors (Lipinski definition) is 0. The van der Waals surface area contributed by atoms with E-state index in [0.29, 0.717) is 12.3 Å². The molecule has 0 spiro atoms. The fourth-order valence-electron chi connectivity index (χ4n) is 1.02. The van der Waals surface area contributed by atoms with Crippen molar-refractivity contribution in [3.63, 3.8) is 0 Å². The van der Waals surface area contributed by atoms with Crippen LogP contribution in [0.15, 0.2) is 18.3 Å². The Morgan fingerprint density at radius 2 is 1.44 bits per heavy atom. The zero-order valence-corrected chi connectivity index (χ0v) is 7.33. The van der Waals surface area contributed by atoms with Crippen molar-refractivity contribution in [3.8, 4) is 0 Å². The highest BCUT2D eigenvalue weighted by Gasteiger charge is 2.73. The van der Waals surface area contributed by atoms with Crippen LogP contribution in [0.3, 0.4) is 0 Å². The molecule has 0 aliphatic carbocycles. The van der Waals surface area contributed by atoms with E-state index in [2.05, 4.69) is 4.98 Å². The van der Waals surface area contributed by atoms with Crippen LogP contribution in [0.5, 0.6) is 0 Å². The predicted molar refractivity (Wildman–Crippen MR) is 38.0 cm³/mol. The number of hydrogen-bond acceptors (Lipinski definition) is 1. The third kappa shape index (κ3) is 1.83. The fourth-order valence-corrected chi connectivity index (χ4v) is 1.02. The zero-order chi connectivity index (χ0) is 12.6. The van der Waals surface area contributed by atoms with Gasteiger partial charge >= 0.3 is 18.0 Å². The molecule has 0 aliphatic heterocycles. The molecule has 0 saturated heterocycles. The first kappa shape index (κ1) is 12.7. The van der Waals surface area contributed by atoms with Gasteiger partial charge in [0, 0.05) is 11.8 Å². The highest BCUT2D eigenvalue weighted by Crippen LogP contribution is 2.52. The third-order valence-electron chi connectivity index (χ3n) is 1.80. The summed E-state index contributed by atoms with van der Waals surface area (Å²) in [4.78, 5) is 3.10. The second-order valence-electron chi connectivity index (χ2n) is 2.83. The van der Waals surface area contributed by atoms with Crippen LogP contribution < -0.4 is 0 Å². The van der Waals surface area contributed by atoms with Gasteiger partial charge in [0.1, 0.15) is 0 Å². The molecular formula is C8H3F7N. The lowest BCUT2D eigenvalue weighted by molar-refractivity contribution is -0.348. The molecule has 16 heavy (non-hydrogen) atoms. The molecule has 0 fully saturated rings. The molecule has 0 atom stereocenters. The standard InChI is InChI=1S/C8H3F7N/c9-6(7(10,11)12,8(13,14)15)5-1-3-16-4-2-5/h1-3H. The summed E-state index contributed by atoms with van der Waals surface area (Å²) < 4.78 is 86.2. The van der Waals surface area contributed by atoms with E-state index in [4.69, 9.17) is 0 Å². The van der Waals surface area contributed by atoms with Gasteiger partial charge in [0.25, 0.3) is 0 Å². The molecular weight excluding hydrogens is 243 g/mol. The molecule has 8 heteroatoms. The molecule has 0 bridgehead atoms. The summed E-state index contributed by atoms with van der Waals surface area (Å²) in [6.45, 7) is 0. The molecule has 1 aromatic heterocycles. The van der Waals surface area contributed by atoms with E-state index in [1.807, 2.05) is 0 Å². The second kappa shape index (κ2) is 3.60. The van der Waals surface area contributed by atoms with Crippen molar-refractivity contribution >= 4 is 0 Å². The van der Waals surface area contributed by atoms with Crippen LogP contribution in [0.2, 0.25) is 0 Å². The SMILES string of the molecule is FC(F)(F)C(F)(c1c[c]ncc1)C(F)(F)F. The molecule has 0 amide bonds. The van der Waals surface area contributed by atoms with Gasteiger partial charge in [-0.25, -0.2) is 4.39 Å². The summed E-state index contributed by atoms with van der Waals surface area (Å²) in [6, 6.07) is 0.512. The number of alkyl halides is 7. The lowest BCUT2D eigenvalue weighted by atomic mass is 9.95. The van der Waals surface area contributed by atoms with Crippen LogP contribution in [0, 0.1) is 6.20 Å². The maximum absolute atomic E-state index is 13.2. The van der Waals surface area contributed by atoms with E-state index in [1.165, 1.54) is 0 Å².